The fourth-order valence-electron chi connectivity index (χ4n) is 3.48. The maximum atomic E-state index is 6.10. The lowest BCUT2D eigenvalue weighted by molar-refractivity contribution is 0.133. The predicted octanol–water partition coefficient (Wildman–Crippen LogP) is 3.43. The summed E-state index contributed by atoms with van der Waals surface area (Å²) in [5, 5.41) is 0. The molecule has 1 heterocycles. The first-order valence-electron chi connectivity index (χ1n) is 7.67. The highest BCUT2D eigenvalue weighted by atomic mass is 15.2. The Morgan fingerprint density at radius 1 is 1.21 bits per heavy atom. The molecule has 0 saturated carbocycles. The normalized spacial score (nSPS) is 19.6. The fourth-order valence-corrected chi connectivity index (χ4v) is 3.48. The molecule has 0 radical (unpaired) electrons. The number of nitrogens with zero attached hydrogens (tertiary/aromatic N) is 1. The van der Waals surface area contributed by atoms with Crippen LogP contribution in [0, 0.1) is 19.8 Å². The molecule has 2 N–H and O–H groups in total. The van der Waals surface area contributed by atoms with Crippen molar-refractivity contribution in [1.29, 1.82) is 0 Å². The van der Waals surface area contributed by atoms with Gasteiger partial charge in [-0.15, -0.1) is 0 Å². The van der Waals surface area contributed by atoms with Crippen LogP contribution in [0.3, 0.4) is 0 Å². The van der Waals surface area contributed by atoms with Crippen LogP contribution in [0.5, 0.6) is 0 Å². The van der Waals surface area contributed by atoms with Gasteiger partial charge in [-0.1, -0.05) is 31.5 Å². The Morgan fingerprint density at radius 3 is 2.26 bits per heavy atom. The second kappa shape index (κ2) is 6.53. The molecular formula is C17H28N2. The summed E-state index contributed by atoms with van der Waals surface area (Å²) in [5.41, 5.74) is 10.3. The van der Waals surface area contributed by atoms with Crippen molar-refractivity contribution in [2.45, 2.75) is 46.1 Å². The third kappa shape index (κ3) is 3.18. The van der Waals surface area contributed by atoms with E-state index in [2.05, 4.69) is 43.9 Å². The minimum Gasteiger partial charge on any atom is -0.329 e. The lowest BCUT2D eigenvalue weighted by Gasteiger charge is -2.38. The van der Waals surface area contributed by atoms with Crippen molar-refractivity contribution in [2.75, 3.05) is 19.6 Å². The first kappa shape index (κ1) is 14.5. The zero-order valence-electron chi connectivity index (χ0n) is 12.7. The molecule has 1 atom stereocenters. The van der Waals surface area contributed by atoms with E-state index >= 15 is 0 Å². The average Bonchev–Trinajstić information content (AvgIpc) is 2.43. The lowest BCUT2D eigenvalue weighted by atomic mass is 9.90. The van der Waals surface area contributed by atoms with Gasteiger partial charge in [-0.3, -0.25) is 4.90 Å². The van der Waals surface area contributed by atoms with E-state index in [0.717, 1.165) is 12.5 Å². The SMILES string of the molecule is CCC1CCN(C(CN)c2c(C)cccc2C)CC1. The Kier molecular flexibility index (Phi) is 5.00. The van der Waals surface area contributed by atoms with Crippen molar-refractivity contribution in [3.63, 3.8) is 0 Å². The molecule has 2 rings (SSSR count). The van der Waals surface area contributed by atoms with Gasteiger partial charge in [-0.05, 0) is 62.4 Å². The van der Waals surface area contributed by atoms with Gasteiger partial charge < -0.3 is 5.73 Å². The van der Waals surface area contributed by atoms with Crippen LogP contribution < -0.4 is 5.73 Å². The van der Waals surface area contributed by atoms with E-state index in [1.54, 1.807) is 0 Å². The molecule has 106 valence electrons. The Bertz CT molecular complexity index is 385. The van der Waals surface area contributed by atoms with Gasteiger partial charge in [0.2, 0.25) is 0 Å². The molecule has 2 nitrogen and oxygen atoms in total. The molecular weight excluding hydrogens is 232 g/mol. The molecule has 0 aromatic heterocycles. The van der Waals surface area contributed by atoms with Gasteiger partial charge in [-0.25, -0.2) is 0 Å². The Labute approximate surface area is 118 Å². The van der Waals surface area contributed by atoms with E-state index in [9.17, 15) is 0 Å². The molecule has 0 bridgehead atoms. The Balaban J connectivity index is 2.17. The summed E-state index contributed by atoms with van der Waals surface area (Å²) in [7, 11) is 0. The van der Waals surface area contributed by atoms with Crippen LogP contribution >= 0.6 is 0 Å². The first-order valence-corrected chi connectivity index (χ1v) is 7.67. The second-order valence-electron chi connectivity index (χ2n) is 5.94. The molecule has 19 heavy (non-hydrogen) atoms. The minimum absolute atomic E-state index is 0.402. The lowest BCUT2D eigenvalue weighted by Crippen LogP contribution is -2.40. The summed E-state index contributed by atoms with van der Waals surface area (Å²) in [4.78, 5) is 2.60. The van der Waals surface area contributed by atoms with E-state index in [4.69, 9.17) is 5.73 Å². The maximum absolute atomic E-state index is 6.10. The number of hydrogen-bond donors (Lipinski definition) is 1. The molecule has 1 aliphatic heterocycles. The highest BCUT2D eigenvalue weighted by Crippen LogP contribution is 2.30. The molecule has 0 aliphatic carbocycles. The van der Waals surface area contributed by atoms with E-state index in [0.29, 0.717) is 6.04 Å². The topological polar surface area (TPSA) is 29.3 Å². The van der Waals surface area contributed by atoms with Gasteiger partial charge in [0.05, 0.1) is 0 Å². The summed E-state index contributed by atoms with van der Waals surface area (Å²) < 4.78 is 0. The summed E-state index contributed by atoms with van der Waals surface area (Å²) >= 11 is 0. The molecule has 0 spiro atoms. The van der Waals surface area contributed by atoms with Crippen LogP contribution in [0.1, 0.15) is 48.9 Å². The maximum Gasteiger partial charge on any atom is 0.0475 e. The third-order valence-electron chi connectivity index (χ3n) is 4.77. The monoisotopic (exact) mass is 260 g/mol. The fraction of sp³-hybridized carbons (Fsp3) is 0.647. The predicted molar refractivity (Wildman–Crippen MR) is 82.3 cm³/mol. The van der Waals surface area contributed by atoms with Gasteiger partial charge in [0.25, 0.3) is 0 Å². The molecule has 1 aromatic rings. The summed E-state index contributed by atoms with van der Waals surface area (Å²) in [6.07, 6.45) is 3.99. The van der Waals surface area contributed by atoms with Crippen LogP contribution in [-0.2, 0) is 0 Å². The number of rotatable bonds is 4. The van der Waals surface area contributed by atoms with Crippen molar-refractivity contribution >= 4 is 0 Å². The highest BCUT2D eigenvalue weighted by Gasteiger charge is 2.26. The molecule has 1 unspecified atom stereocenters. The van der Waals surface area contributed by atoms with Gasteiger partial charge in [0.1, 0.15) is 0 Å². The molecule has 1 aromatic carbocycles. The number of hydrogen-bond acceptors (Lipinski definition) is 2. The van der Waals surface area contributed by atoms with Crippen molar-refractivity contribution in [3.05, 3.63) is 34.9 Å². The van der Waals surface area contributed by atoms with E-state index in [1.807, 2.05) is 0 Å². The molecule has 1 fully saturated rings. The van der Waals surface area contributed by atoms with E-state index in [-0.39, 0.29) is 0 Å². The van der Waals surface area contributed by atoms with Crippen molar-refractivity contribution < 1.29 is 0 Å². The van der Waals surface area contributed by atoms with Gasteiger partial charge in [-0.2, -0.15) is 0 Å². The quantitative estimate of drug-likeness (QED) is 0.898. The van der Waals surface area contributed by atoms with Gasteiger partial charge >= 0.3 is 0 Å². The number of likely N-dealkylation sites (tertiary alicyclic amines) is 1. The first-order chi connectivity index (χ1) is 9.17. The third-order valence-corrected chi connectivity index (χ3v) is 4.77. The number of benzene rings is 1. The highest BCUT2D eigenvalue weighted by molar-refractivity contribution is 5.36. The smallest absolute Gasteiger partial charge is 0.0475 e. The average molecular weight is 260 g/mol. The van der Waals surface area contributed by atoms with Crippen molar-refractivity contribution in [1.82, 2.24) is 4.90 Å². The summed E-state index contributed by atoms with van der Waals surface area (Å²) in [5.74, 6) is 0.924. The molecule has 0 amide bonds. The van der Waals surface area contributed by atoms with Crippen LogP contribution in [0.25, 0.3) is 0 Å². The number of aryl methyl sites for hydroxylation is 2. The second-order valence-corrected chi connectivity index (χ2v) is 5.94. The van der Waals surface area contributed by atoms with Crippen LogP contribution in [-0.4, -0.2) is 24.5 Å². The minimum atomic E-state index is 0.402. The van der Waals surface area contributed by atoms with Crippen molar-refractivity contribution in [3.8, 4) is 0 Å². The van der Waals surface area contributed by atoms with E-state index < -0.39 is 0 Å². The molecule has 1 aliphatic rings. The Hall–Kier alpha value is -0.860. The molecule has 1 saturated heterocycles. The Morgan fingerprint density at radius 2 is 1.79 bits per heavy atom. The van der Waals surface area contributed by atoms with Crippen LogP contribution in [0.4, 0.5) is 0 Å². The summed E-state index contributed by atoms with van der Waals surface area (Å²) in [6.45, 7) is 9.87. The number of piperidine rings is 1. The summed E-state index contributed by atoms with van der Waals surface area (Å²) in [6, 6.07) is 6.97. The van der Waals surface area contributed by atoms with Crippen LogP contribution in [0.15, 0.2) is 18.2 Å². The van der Waals surface area contributed by atoms with Crippen LogP contribution in [0.2, 0.25) is 0 Å². The van der Waals surface area contributed by atoms with Gasteiger partial charge in [0.15, 0.2) is 0 Å². The van der Waals surface area contributed by atoms with E-state index in [1.165, 1.54) is 49.0 Å². The zero-order chi connectivity index (χ0) is 13.8. The standard InChI is InChI=1S/C17H28N2/c1-4-15-8-10-19(11-9-15)16(12-18)17-13(2)6-5-7-14(17)3/h5-7,15-16H,4,8-12,18H2,1-3H3. The van der Waals surface area contributed by atoms with Crippen molar-refractivity contribution in [2.24, 2.45) is 11.7 Å². The zero-order valence-corrected chi connectivity index (χ0v) is 12.7. The largest absolute Gasteiger partial charge is 0.329 e. The number of nitrogens with two attached hydrogens (primary N) is 1. The molecule has 2 heteroatoms. The van der Waals surface area contributed by atoms with Gasteiger partial charge in [0, 0.05) is 12.6 Å².